The van der Waals surface area contributed by atoms with Crippen LogP contribution in [0, 0.1) is 6.92 Å². The lowest BCUT2D eigenvalue weighted by Crippen LogP contribution is -2.11. The van der Waals surface area contributed by atoms with Gasteiger partial charge >= 0.3 is 6.18 Å². The number of nitrogens with zero attached hydrogens (tertiary/aromatic N) is 4. The second kappa shape index (κ2) is 7.47. The first-order valence-corrected chi connectivity index (χ1v) is 8.74. The maximum absolute atomic E-state index is 12.9. The lowest BCUT2D eigenvalue weighted by molar-refractivity contribution is -0.137. The van der Waals surface area contributed by atoms with E-state index >= 15 is 0 Å². The summed E-state index contributed by atoms with van der Waals surface area (Å²) in [6, 6.07) is 12.8. The Morgan fingerprint density at radius 1 is 1.10 bits per heavy atom. The largest absolute Gasteiger partial charge is 0.451 e. The van der Waals surface area contributed by atoms with Crippen molar-refractivity contribution in [3.63, 3.8) is 0 Å². The van der Waals surface area contributed by atoms with Gasteiger partial charge in [0.05, 0.1) is 11.3 Å². The summed E-state index contributed by atoms with van der Waals surface area (Å²) in [6.45, 7) is 1.87. The van der Waals surface area contributed by atoms with Gasteiger partial charge in [0.1, 0.15) is 12.1 Å². The fourth-order valence-electron chi connectivity index (χ4n) is 2.86. The van der Waals surface area contributed by atoms with Crippen molar-refractivity contribution in [2.45, 2.75) is 13.1 Å². The van der Waals surface area contributed by atoms with E-state index in [0.717, 1.165) is 17.7 Å². The number of aromatic nitrogens is 4. The van der Waals surface area contributed by atoms with Gasteiger partial charge in [0.25, 0.3) is 5.91 Å². The monoisotopic (exact) mass is 413 g/mol. The first kappa shape index (κ1) is 19.4. The van der Waals surface area contributed by atoms with Crippen LogP contribution in [0.4, 0.5) is 18.9 Å². The molecule has 0 aliphatic carbocycles. The molecule has 0 unspecified atom stereocenters. The highest BCUT2D eigenvalue weighted by atomic mass is 19.4. The van der Waals surface area contributed by atoms with E-state index in [4.69, 9.17) is 4.42 Å². The standard InChI is InChI=1S/C20H14F3N5O2/c1-12-5-6-15(10-16(12)28-11-24-26-27-28)25-19(29)18-8-7-17(30-18)13-3-2-4-14(9-13)20(21,22)23/h2-11H,1H3,(H,25,29). The predicted molar refractivity (Wildman–Crippen MR) is 101 cm³/mol. The first-order chi connectivity index (χ1) is 14.3. The molecule has 0 radical (unpaired) electrons. The van der Waals surface area contributed by atoms with Crippen molar-refractivity contribution in [2.24, 2.45) is 0 Å². The fourth-order valence-corrected chi connectivity index (χ4v) is 2.86. The minimum absolute atomic E-state index is 0.0352. The van der Waals surface area contributed by atoms with Crippen LogP contribution >= 0.6 is 0 Å². The van der Waals surface area contributed by atoms with Crippen molar-refractivity contribution < 1.29 is 22.4 Å². The average Bonchev–Trinajstić information content (AvgIpc) is 3.41. The molecule has 7 nitrogen and oxygen atoms in total. The Kier molecular flexibility index (Phi) is 4.82. The molecule has 0 bridgehead atoms. The van der Waals surface area contributed by atoms with Gasteiger partial charge in [0.15, 0.2) is 5.76 Å². The molecule has 2 aromatic carbocycles. The van der Waals surface area contributed by atoms with Gasteiger partial charge in [0, 0.05) is 11.3 Å². The molecule has 10 heteroatoms. The maximum Gasteiger partial charge on any atom is 0.416 e. The van der Waals surface area contributed by atoms with Crippen molar-refractivity contribution >= 4 is 11.6 Å². The van der Waals surface area contributed by atoms with Gasteiger partial charge < -0.3 is 9.73 Å². The van der Waals surface area contributed by atoms with Crippen LogP contribution in [-0.2, 0) is 6.18 Å². The number of carbonyl (C=O) groups is 1. The second-order valence-electron chi connectivity index (χ2n) is 6.45. The molecule has 0 atom stereocenters. The van der Waals surface area contributed by atoms with Gasteiger partial charge in [-0.15, -0.1) is 5.10 Å². The van der Waals surface area contributed by atoms with E-state index in [9.17, 15) is 18.0 Å². The zero-order chi connectivity index (χ0) is 21.3. The summed E-state index contributed by atoms with van der Waals surface area (Å²) in [5, 5.41) is 13.7. The van der Waals surface area contributed by atoms with E-state index in [0.29, 0.717) is 11.4 Å². The summed E-state index contributed by atoms with van der Waals surface area (Å²) in [4.78, 5) is 12.5. The molecule has 0 spiro atoms. The molecular formula is C20H14F3N5O2. The van der Waals surface area contributed by atoms with Gasteiger partial charge in [0.2, 0.25) is 0 Å². The predicted octanol–water partition coefficient (Wildman–Crippen LogP) is 4.50. The number of alkyl halides is 3. The van der Waals surface area contributed by atoms with Gasteiger partial charge in [-0.3, -0.25) is 4.79 Å². The van der Waals surface area contributed by atoms with E-state index in [1.165, 1.54) is 35.3 Å². The molecule has 0 saturated carbocycles. The Hall–Kier alpha value is -3.95. The summed E-state index contributed by atoms with van der Waals surface area (Å²) < 4.78 is 45.7. The number of tetrazole rings is 1. The number of amides is 1. The Labute approximate surface area is 168 Å². The zero-order valence-electron chi connectivity index (χ0n) is 15.5. The normalized spacial score (nSPS) is 11.5. The molecule has 2 aromatic heterocycles. The SMILES string of the molecule is Cc1ccc(NC(=O)c2ccc(-c3cccc(C(F)(F)F)c3)o2)cc1-n1cnnn1. The van der Waals surface area contributed by atoms with E-state index < -0.39 is 17.6 Å². The van der Waals surface area contributed by atoms with Crippen LogP contribution in [0.3, 0.4) is 0 Å². The zero-order valence-corrected chi connectivity index (χ0v) is 15.5. The molecule has 4 rings (SSSR count). The third kappa shape index (κ3) is 3.93. The highest BCUT2D eigenvalue weighted by Gasteiger charge is 2.30. The number of hydrogen-bond donors (Lipinski definition) is 1. The van der Waals surface area contributed by atoms with Crippen molar-refractivity contribution in [1.29, 1.82) is 0 Å². The van der Waals surface area contributed by atoms with Crippen LogP contribution in [0.2, 0.25) is 0 Å². The third-order valence-corrected chi connectivity index (χ3v) is 4.37. The topological polar surface area (TPSA) is 85.8 Å². The molecule has 0 fully saturated rings. The molecule has 1 amide bonds. The number of halogens is 3. The van der Waals surface area contributed by atoms with Crippen LogP contribution in [0.25, 0.3) is 17.0 Å². The molecule has 0 saturated heterocycles. The number of hydrogen-bond acceptors (Lipinski definition) is 5. The number of rotatable bonds is 4. The number of furan rings is 1. The van der Waals surface area contributed by atoms with Crippen LogP contribution in [0.5, 0.6) is 0 Å². The number of nitrogens with one attached hydrogen (secondary N) is 1. The molecule has 0 aliphatic heterocycles. The smallest absolute Gasteiger partial charge is 0.416 e. The highest BCUT2D eigenvalue weighted by molar-refractivity contribution is 6.02. The van der Waals surface area contributed by atoms with Crippen LogP contribution in [-0.4, -0.2) is 26.1 Å². The number of anilines is 1. The number of carbonyl (C=O) groups excluding carboxylic acids is 1. The number of benzene rings is 2. The van der Waals surface area contributed by atoms with E-state index in [-0.39, 0.29) is 17.1 Å². The molecule has 2 heterocycles. The molecular weight excluding hydrogens is 399 g/mol. The summed E-state index contributed by atoms with van der Waals surface area (Å²) in [5.74, 6) is -0.420. The minimum Gasteiger partial charge on any atom is -0.451 e. The first-order valence-electron chi connectivity index (χ1n) is 8.74. The van der Waals surface area contributed by atoms with Gasteiger partial charge in [-0.05, 0) is 59.3 Å². The van der Waals surface area contributed by atoms with Crippen LogP contribution in [0.15, 0.2) is 65.3 Å². The Balaban J connectivity index is 1.55. The second-order valence-corrected chi connectivity index (χ2v) is 6.45. The van der Waals surface area contributed by atoms with Crippen molar-refractivity contribution in [3.05, 3.63) is 77.8 Å². The Morgan fingerprint density at radius 3 is 2.67 bits per heavy atom. The fraction of sp³-hybridized carbons (Fsp3) is 0.100. The molecule has 1 N–H and O–H groups in total. The van der Waals surface area contributed by atoms with Crippen molar-refractivity contribution in [3.8, 4) is 17.0 Å². The average molecular weight is 413 g/mol. The van der Waals surface area contributed by atoms with Gasteiger partial charge in [-0.2, -0.15) is 13.2 Å². The Morgan fingerprint density at radius 2 is 1.93 bits per heavy atom. The van der Waals surface area contributed by atoms with E-state index in [1.54, 1.807) is 18.2 Å². The quantitative estimate of drug-likeness (QED) is 0.532. The number of aryl methyl sites for hydroxylation is 1. The lowest BCUT2D eigenvalue weighted by Gasteiger charge is -2.09. The highest BCUT2D eigenvalue weighted by Crippen LogP contribution is 2.32. The van der Waals surface area contributed by atoms with Gasteiger partial charge in [-0.1, -0.05) is 18.2 Å². The summed E-state index contributed by atoms with van der Waals surface area (Å²) >= 11 is 0. The molecule has 4 aromatic rings. The lowest BCUT2D eigenvalue weighted by atomic mass is 10.1. The van der Waals surface area contributed by atoms with Crippen LogP contribution < -0.4 is 5.32 Å². The third-order valence-electron chi connectivity index (χ3n) is 4.37. The summed E-state index contributed by atoms with van der Waals surface area (Å²) in [5.41, 5.74) is 1.48. The summed E-state index contributed by atoms with van der Waals surface area (Å²) in [6.07, 6.45) is -3.03. The summed E-state index contributed by atoms with van der Waals surface area (Å²) in [7, 11) is 0. The van der Waals surface area contributed by atoms with Gasteiger partial charge in [-0.25, -0.2) is 4.68 Å². The van der Waals surface area contributed by atoms with Crippen molar-refractivity contribution in [2.75, 3.05) is 5.32 Å². The van der Waals surface area contributed by atoms with Crippen LogP contribution in [0.1, 0.15) is 21.7 Å². The molecule has 152 valence electrons. The van der Waals surface area contributed by atoms with E-state index in [1.807, 2.05) is 6.92 Å². The Bertz CT molecular complexity index is 1200. The van der Waals surface area contributed by atoms with E-state index in [2.05, 4.69) is 20.8 Å². The van der Waals surface area contributed by atoms with Crippen molar-refractivity contribution in [1.82, 2.24) is 20.2 Å². The molecule has 30 heavy (non-hydrogen) atoms. The minimum atomic E-state index is -4.47. The molecule has 0 aliphatic rings. The maximum atomic E-state index is 12.9.